The molecule has 0 radical (unpaired) electrons. The molecule has 3 heteroatoms. The fourth-order valence-corrected chi connectivity index (χ4v) is 1.32. The zero-order valence-corrected chi connectivity index (χ0v) is 7.99. The van der Waals surface area contributed by atoms with E-state index >= 15 is 0 Å². The molecule has 2 rings (SSSR count). The highest BCUT2D eigenvalue weighted by molar-refractivity contribution is 5.88. The topological polar surface area (TPSA) is 51.8 Å². The summed E-state index contributed by atoms with van der Waals surface area (Å²) in [6.45, 7) is 5.82. The SMILES string of the molecule is C=C(C)c1cnc2c(N)nccc2c1. The lowest BCUT2D eigenvalue weighted by Gasteiger charge is -2.03. The van der Waals surface area contributed by atoms with Gasteiger partial charge >= 0.3 is 0 Å². The van der Waals surface area contributed by atoms with Crippen LogP contribution in [0.3, 0.4) is 0 Å². The highest BCUT2D eigenvalue weighted by atomic mass is 14.9. The van der Waals surface area contributed by atoms with Crippen molar-refractivity contribution >= 4 is 22.3 Å². The summed E-state index contributed by atoms with van der Waals surface area (Å²) in [5.41, 5.74) is 8.46. The van der Waals surface area contributed by atoms with Crippen LogP contribution in [0, 0.1) is 0 Å². The summed E-state index contributed by atoms with van der Waals surface area (Å²) < 4.78 is 0. The van der Waals surface area contributed by atoms with Crippen LogP contribution in [0.25, 0.3) is 16.5 Å². The van der Waals surface area contributed by atoms with Gasteiger partial charge in [-0.2, -0.15) is 0 Å². The minimum atomic E-state index is 0.468. The normalized spacial score (nSPS) is 10.4. The Labute approximate surface area is 82.3 Å². The van der Waals surface area contributed by atoms with E-state index in [0.29, 0.717) is 5.82 Å². The monoisotopic (exact) mass is 185 g/mol. The molecule has 0 spiro atoms. The molecule has 0 bridgehead atoms. The molecule has 3 nitrogen and oxygen atoms in total. The predicted octanol–water partition coefficient (Wildman–Crippen LogP) is 2.25. The van der Waals surface area contributed by atoms with Crippen molar-refractivity contribution in [1.82, 2.24) is 9.97 Å². The summed E-state index contributed by atoms with van der Waals surface area (Å²) >= 11 is 0. The van der Waals surface area contributed by atoms with Crippen molar-refractivity contribution in [3.05, 3.63) is 36.7 Å². The molecule has 0 aliphatic carbocycles. The quantitative estimate of drug-likeness (QED) is 0.741. The van der Waals surface area contributed by atoms with Crippen LogP contribution in [0.4, 0.5) is 5.82 Å². The first-order chi connectivity index (χ1) is 6.68. The Balaban J connectivity index is 2.73. The maximum atomic E-state index is 5.69. The van der Waals surface area contributed by atoms with E-state index in [-0.39, 0.29) is 0 Å². The number of allylic oxidation sites excluding steroid dienone is 1. The molecule has 2 N–H and O–H groups in total. The van der Waals surface area contributed by atoms with E-state index in [2.05, 4.69) is 16.5 Å². The summed E-state index contributed by atoms with van der Waals surface area (Å²) in [4.78, 5) is 8.23. The summed E-state index contributed by atoms with van der Waals surface area (Å²) in [5, 5.41) is 0.998. The van der Waals surface area contributed by atoms with Crippen molar-refractivity contribution in [1.29, 1.82) is 0 Å². The molecule has 70 valence electrons. The van der Waals surface area contributed by atoms with Crippen LogP contribution in [0.2, 0.25) is 0 Å². The number of fused-ring (bicyclic) bond motifs is 1. The second kappa shape index (κ2) is 3.10. The molecule has 0 amide bonds. The minimum Gasteiger partial charge on any atom is -0.382 e. The van der Waals surface area contributed by atoms with Gasteiger partial charge in [0.1, 0.15) is 11.3 Å². The van der Waals surface area contributed by atoms with Crippen molar-refractivity contribution in [2.75, 3.05) is 5.73 Å². The Kier molecular flexibility index (Phi) is 1.93. The van der Waals surface area contributed by atoms with Crippen molar-refractivity contribution in [3.63, 3.8) is 0 Å². The van der Waals surface area contributed by atoms with Gasteiger partial charge in [-0.15, -0.1) is 0 Å². The first-order valence-electron chi connectivity index (χ1n) is 4.34. The van der Waals surface area contributed by atoms with Gasteiger partial charge in [-0.05, 0) is 30.2 Å². The smallest absolute Gasteiger partial charge is 0.149 e. The lowest BCUT2D eigenvalue weighted by molar-refractivity contribution is 1.31. The molecule has 0 aromatic carbocycles. The third-order valence-electron chi connectivity index (χ3n) is 2.12. The predicted molar refractivity (Wildman–Crippen MR) is 58.7 cm³/mol. The number of hydrogen-bond acceptors (Lipinski definition) is 3. The van der Waals surface area contributed by atoms with Crippen LogP contribution >= 0.6 is 0 Å². The van der Waals surface area contributed by atoms with Gasteiger partial charge in [-0.3, -0.25) is 4.98 Å². The van der Waals surface area contributed by atoms with E-state index in [1.165, 1.54) is 0 Å². The molecule has 0 aliphatic rings. The fraction of sp³-hybridized carbons (Fsp3) is 0.0909. The molecule has 2 aromatic rings. The summed E-state index contributed by atoms with van der Waals surface area (Å²) in [5.74, 6) is 0.468. The van der Waals surface area contributed by atoms with Crippen LogP contribution in [-0.4, -0.2) is 9.97 Å². The largest absolute Gasteiger partial charge is 0.382 e. The van der Waals surface area contributed by atoms with Crippen molar-refractivity contribution in [3.8, 4) is 0 Å². The number of pyridine rings is 2. The van der Waals surface area contributed by atoms with Gasteiger partial charge in [0, 0.05) is 17.8 Å². The first kappa shape index (κ1) is 8.69. The highest BCUT2D eigenvalue weighted by Crippen LogP contribution is 2.19. The van der Waals surface area contributed by atoms with Gasteiger partial charge in [-0.25, -0.2) is 4.98 Å². The lowest BCUT2D eigenvalue weighted by Crippen LogP contribution is -1.93. The number of rotatable bonds is 1. The van der Waals surface area contributed by atoms with E-state index in [4.69, 9.17) is 5.73 Å². The fourth-order valence-electron chi connectivity index (χ4n) is 1.32. The lowest BCUT2D eigenvalue weighted by atomic mass is 10.1. The van der Waals surface area contributed by atoms with E-state index < -0.39 is 0 Å². The zero-order chi connectivity index (χ0) is 10.1. The molecule has 2 aromatic heterocycles. The number of hydrogen-bond donors (Lipinski definition) is 1. The molecule has 0 aliphatic heterocycles. The third kappa shape index (κ3) is 1.33. The van der Waals surface area contributed by atoms with Crippen molar-refractivity contribution < 1.29 is 0 Å². The van der Waals surface area contributed by atoms with E-state index in [1.54, 1.807) is 12.4 Å². The van der Waals surface area contributed by atoms with Crippen LogP contribution in [0.1, 0.15) is 12.5 Å². The zero-order valence-electron chi connectivity index (χ0n) is 7.99. The van der Waals surface area contributed by atoms with Crippen LogP contribution < -0.4 is 5.73 Å². The summed E-state index contributed by atoms with van der Waals surface area (Å²) in [6.07, 6.45) is 3.45. The Morgan fingerprint density at radius 3 is 2.93 bits per heavy atom. The molecule has 0 unspecified atom stereocenters. The van der Waals surface area contributed by atoms with Crippen molar-refractivity contribution in [2.45, 2.75) is 6.92 Å². The number of nitrogens with zero attached hydrogens (tertiary/aromatic N) is 2. The Hall–Kier alpha value is -1.90. The van der Waals surface area contributed by atoms with Gasteiger partial charge in [0.25, 0.3) is 0 Å². The maximum Gasteiger partial charge on any atom is 0.149 e. The summed E-state index contributed by atoms with van der Waals surface area (Å²) in [6, 6.07) is 3.91. The average Bonchev–Trinajstić information content (AvgIpc) is 2.17. The molecule has 0 fully saturated rings. The summed E-state index contributed by atoms with van der Waals surface area (Å²) in [7, 11) is 0. The van der Waals surface area contributed by atoms with E-state index in [0.717, 1.165) is 22.0 Å². The minimum absolute atomic E-state index is 0.468. The van der Waals surface area contributed by atoms with Crippen molar-refractivity contribution in [2.24, 2.45) is 0 Å². The van der Waals surface area contributed by atoms with Gasteiger partial charge in [0.2, 0.25) is 0 Å². The van der Waals surface area contributed by atoms with Gasteiger partial charge in [0.05, 0.1) is 0 Å². The molecule has 14 heavy (non-hydrogen) atoms. The molecule has 0 saturated carbocycles. The van der Waals surface area contributed by atoms with Gasteiger partial charge < -0.3 is 5.73 Å². The Bertz CT molecular complexity index is 503. The number of aromatic nitrogens is 2. The average molecular weight is 185 g/mol. The molecular weight excluding hydrogens is 174 g/mol. The molecule has 0 atom stereocenters. The molecule has 0 saturated heterocycles. The molecular formula is C11H11N3. The molecule has 2 heterocycles. The second-order valence-electron chi connectivity index (χ2n) is 3.27. The standard InChI is InChI=1S/C11H11N3/c1-7(2)9-5-8-3-4-13-11(12)10(8)14-6-9/h3-6H,1H2,2H3,(H2,12,13). The maximum absolute atomic E-state index is 5.69. The highest BCUT2D eigenvalue weighted by Gasteiger charge is 2.01. The third-order valence-corrected chi connectivity index (χ3v) is 2.12. The number of anilines is 1. The van der Waals surface area contributed by atoms with E-state index in [1.807, 2.05) is 19.1 Å². The second-order valence-corrected chi connectivity index (χ2v) is 3.27. The first-order valence-corrected chi connectivity index (χ1v) is 4.34. The van der Waals surface area contributed by atoms with Gasteiger partial charge in [-0.1, -0.05) is 6.58 Å². The van der Waals surface area contributed by atoms with Gasteiger partial charge in [0.15, 0.2) is 0 Å². The number of nitrogen functional groups attached to an aromatic ring is 1. The Morgan fingerprint density at radius 1 is 1.43 bits per heavy atom. The Morgan fingerprint density at radius 2 is 2.21 bits per heavy atom. The number of nitrogens with two attached hydrogens (primary N) is 1. The van der Waals surface area contributed by atoms with Crippen LogP contribution in [0.5, 0.6) is 0 Å². The van der Waals surface area contributed by atoms with Crippen LogP contribution in [0.15, 0.2) is 31.1 Å². The van der Waals surface area contributed by atoms with Crippen LogP contribution in [-0.2, 0) is 0 Å². The van der Waals surface area contributed by atoms with E-state index in [9.17, 15) is 0 Å².